The first-order chi connectivity index (χ1) is 13.0. The topological polar surface area (TPSA) is 75.0 Å². The van der Waals surface area contributed by atoms with Crippen molar-refractivity contribution >= 4 is 29.0 Å². The third kappa shape index (κ3) is 5.32. The summed E-state index contributed by atoms with van der Waals surface area (Å²) in [7, 11) is 1.54. The maximum Gasteiger partial charge on any atom is 0.238 e. The van der Waals surface area contributed by atoms with Crippen molar-refractivity contribution in [3.63, 3.8) is 0 Å². The van der Waals surface area contributed by atoms with E-state index in [0.717, 1.165) is 13.1 Å². The monoisotopic (exact) mass is 391 g/mol. The highest BCUT2D eigenvalue weighted by Crippen LogP contribution is 2.27. The smallest absolute Gasteiger partial charge is 0.238 e. The zero-order valence-corrected chi connectivity index (χ0v) is 15.9. The molecular weight excluding hydrogens is 370 g/mol. The van der Waals surface area contributed by atoms with Crippen molar-refractivity contribution in [1.29, 1.82) is 0 Å². The normalized spacial score (nSPS) is 15.5. The number of hydrogen-bond donors (Lipinski definition) is 1. The fourth-order valence-electron chi connectivity index (χ4n) is 2.99. The molecular formula is C19H22ClN3O4. The number of ketones is 1. The molecule has 1 aliphatic heterocycles. The Kier molecular flexibility index (Phi) is 6.49. The van der Waals surface area contributed by atoms with Crippen LogP contribution in [-0.4, -0.2) is 67.9 Å². The molecule has 1 aromatic heterocycles. The first kappa shape index (κ1) is 19.4. The quantitative estimate of drug-likeness (QED) is 0.730. The molecule has 1 fully saturated rings. The molecule has 0 spiro atoms. The van der Waals surface area contributed by atoms with Crippen molar-refractivity contribution in [2.45, 2.75) is 0 Å². The first-order valence-corrected chi connectivity index (χ1v) is 9.08. The second-order valence-corrected chi connectivity index (χ2v) is 6.78. The van der Waals surface area contributed by atoms with Crippen LogP contribution in [0.2, 0.25) is 5.02 Å². The zero-order chi connectivity index (χ0) is 19.2. The highest BCUT2D eigenvalue weighted by molar-refractivity contribution is 6.31. The van der Waals surface area contributed by atoms with E-state index < -0.39 is 0 Å². The Morgan fingerprint density at radius 3 is 2.48 bits per heavy atom. The molecule has 1 N–H and O–H groups in total. The molecule has 0 saturated carbocycles. The van der Waals surface area contributed by atoms with E-state index in [1.54, 1.807) is 37.4 Å². The molecule has 1 saturated heterocycles. The summed E-state index contributed by atoms with van der Waals surface area (Å²) in [4.78, 5) is 28.6. The Morgan fingerprint density at radius 2 is 1.85 bits per heavy atom. The minimum atomic E-state index is -0.129. The van der Waals surface area contributed by atoms with Crippen LogP contribution in [0.5, 0.6) is 5.75 Å². The number of methoxy groups -OCH3 is 1. The second kappa shape index (κ2) is 9.03. The molecule has 1 aliphatic rings. The van der Waals surface area contributed by atoms with Gasteiger partial charge in [-0.25, -0.2) is 0 Å². The number of nitrogens with one attached hydrogen (secondary N) is 1. The lowest BCUT2D eigenvalue weighted by molar-refractivity contribution is -0.117. The fraction of sp³-hybridized carbons (Fsp3) is 0.368. The number of hydrogen-bond acceptors (Lipinski definition) is 6. The van der Waals surface area contributed by atoms with Crippen LogP contribution < -0.4 is 10.1 Å². The van der Waals surface area contributed by atoms with E-state index in [1.807, 2.05) is 0 Å². The molecule has 27 heavy (non-hydrogen) atoms. The van der Waals surface area contributed by atoms with Crippen molar-refractivity contribution in [1.82, 2.24) is 9.80 Å². The summed E-state index contributed by atoms with van der Waals surface area (Å²) in [5.74, 6) is 0.788. The van der Waals surface area contributed by atoms with Crippen LogP contribution in [-0.2, 0) is 4.79 Å². The van der Waals surface area contributed by atoms with Gasteiger partial charge in [0.1, 0.15) is 5.75 Å². The number of Topliss-reactive ketones (excluding diaryl/α,β-unsaturated/α-hetero) is 1. The summed E-state index contributed by atoms with van der Waals surface area (Å²) in [5.41, 5.74) is 0.553. The average Bonchev–Trinajstić information content (AvgIpc) is 3.18. The van der Waals surface area contributed by atoms with Crippen LogP contribution in [0, 0.1) is 0 Å². The molecule has 2 heterocycles. The van der Waals surface area contributed by atoms with Crippen LogP contribution in [0.15, 0.2) is 41.0 Å². The molecule has 1 aromatic carbocycles. The van der Waals surface area contributed by atoms with E-state index in [-0.39, 0.29) is 18.2 Å². The van der Waals surface area contributed by atoms with Crippen LogP contribution >= 0.6 is 11.6 Å². The fourth-order valence-corrected chi connectivity index (χ4v) is 3.17. The number of benzene rings is 1. The number of anilines is 1. The Labute approximate surface area is 162 Å². The van der Waals surface area contributed by atoms with Crippen molar-refractivity contribution < 1.29 is 18.7 Å². The maximum atomic E-state index is 12.3. The highest BCUT2D eigenvalue weighted by atomic mass is 35.5. The summed E-state index contributed by atoms with van der Waals surface area (Å²) in [6, 6.07) is 8.47. The predicted molar refractivity (Wildman–Crippen MR) is 103 cm³/mol. The van der Waals surface area contributed by atoms with Gasteiger partial charge in [-0.05, 0) is 30.3 Å². The second-order valence-electron chi connectivity index (χ2n) is 6.35. The van der Waals surface area contributed by atoms with Gasteiger partial charge in [0.25, 0.3) is 0 Å². The number of piperazine rings is 1. The largest absolute Gasteiger partial charge is 0.495 e. The zero-order valence-electron chi connectivity index (χ0n) is 15.1. The Morgan fingerprint density at radius 1 is 1.15 bits per heavy atom. The summed E-state index contributed by atoms with van der Waals surface area (Å²) in [6.07, 6.45) is 1.50. The lowest BCUT2D eigenvalue weighted by Gasteiger charge is -2.33. The summed E-state index contributed by atoms with van der Waals surface area (Å²) < 4.78 is 10.4. The van der Waals surface area contributed by atoms with Crippen molar-refractivity contribution in [3.05, 3.63) is 47.4 Å². The number of carbonyl (C=O) groups is 2. The minimum Gasteiger partial charge on any atom is -0.495 e. The van der Waals surface area contributed by atoms with Gasteiger partial charge in [-0.15, -0.1) is 0 Å². The van der Waals surface area contributed by atoms with Gasteiger partial charge in [0.2, 0.25) is 11.7 Å². The lowest BCUT2D eigenvalue weighted by atomic mass is 10.2. The maximum absolute atomic E-state index is 12.3. The molecule has 0 bridgehead atoms. The number of ether oxygens (including phenoxy) is 1. The predicted octanol–water partition coefficient (Wildman–Crippen LogP) is 2.38. The molecule has 0 radical (unpaired) electrons. The van der Waals surface area contributed by atoms with Crippen LogP contribution in [0.4, 0.5) is 5.69 Å². The van der Waals surface area contributed by atoms with Gasteiger partial charge >= 0.3 is 0 Å². The third-order valence-corrected chi connectivity index (χ3v) is 4.67. The van der Waals surface area contributed by atoms with Crippen molar-refractivity contribution in [3.8, 4) is 5.75 Å². The number of amides is 1. The van der Waals surface area contributed by atoms with E-state index in [9.17, 15) is 9.59 Å². The molecule has 3 rings (SSSR count). The summed E-state index contributed by atoms with van der Waals surface area (Å²) in [6.45, 7) is 3.47. The number of carbonyl (C=O) groups excluding carboxylic acids is 2. The molecule has 0 aliphatic carbocycles. The van der Waals surface area contributed by atoms with E-state index in [2.05, 4.69) is 15.1 Å². The summed E-state index contributed by atoms with van der Waals surface area (Å²) >= 11 is 5.99. The Bertz CT molecular complexity index is 786. The molecule has 0 atom stereocenters. The number of rotatable bonds is 7. The third-order valence-electron chi connectivity index (χ3n) is 4.43. The summed E-state index contributed by atoms with van der Waals surface area (Å²) in [5, 5.41) is 3.37. The molecule has 8 heteroatoms. The van der Waals surface area contributed by atoms with Crippen molar-refractivity contribution in [2.75, 3.05) is 51.7 Å². The highest BCUT2D eigenvalue weighted by Gasteiger charge is 2.22. The van der Waals surface area contributed by atoms with E-state index in [1.165, 1.54) is 6.26 Å². The standard InChI is InChI=1S/C19H22ClN3O4/c1-26-17-5-4-14(20)11-15(17)21-19(25)13-23-8-6-22(7-9-23)12-16(24)18-3-2-10-27-18/h2-5,10-11H,6-9,12-13H2,1H3,(H,21,25). The molecule has 2 aromatic rings. The number of nitrogens with zero attached hydrogens (tertiary/aromatic N) is 2. The minimum absolute atomic E-state index is 0.0285. The van der Waals surface area contributed by atoms with Gasteiger partial charge in [0.05, 0.1) is 32.1 Å². The SMILES string of the molecule is COc1ccc(Cl)cc1NC(=O)CN1CCN(CC(=O)c2ccco2)CC1. The van der Waals surface area contributed by atoms with Crippen LogP contribution in [0.25, 0.3) is 0 Å². The average molecular weight is 392 g/mol. The van der Waals surface area contributed by atoms with E-state index in [4.69, 9.17) is 20.8 Å². The molecule has 7 nitrogen and oxygen atoms in total. The molecule has 144 valence electrons. The van der Waals surface area contributed by atoms with Gasteiger partial charge in [-0.2, -0.15) is 0 Å². The van der Waals surface area contributed by atoms with Crippen molar-refractivity contribution in [2.24, 2.45) is 0 Å². The van der Waals surface area contributed by atoms with Gasteiger partial charge in [-0.1, -0.05) is 11.6 Å². The van der Waals surface area contributed by atoms with Gasteiger partial charge in [0.15, 0.2) is 5.76 Å². The molecule has 1 amide bonds. The van der Waals surface area contributed by atoms with E-state index >= 15 is 0 Å². The first-order valence-electron chi connectivity index (χ1n) is 8.70. The van der Waals surface area contributed by atoms with Crippen LogP contribution in [0.3, 0.4) is 0 Å². The van der Waals surface area contributed by atoms with E-state index in [0.29, 0.717) is 41.9 Å². The molecule has 0 unspecified atom stereocenters. The lowest BCUT2D eigenvalue weighted by Crippen LogP contribution is -2.49. The van der Waals surface area contributed by atoms with Crippen LogP contribution in [0.1, 0.15) is 10.6 Å². The van der Waals surface area contributed by atoms with Gasteiger partial charge in [-0.3, -0.25) is 19.4 Å². The number of furan rings is 1. The number of halogens is 1. The van der Waals surface area contributed by atoms with Gasteiger partial charge in [0, 0.05) is 31.2 Å². The Hall–Kier alpha value is -2.35. The van der Waals surface area contributed by atoms with Gasteiger partial charge < -0.3 is 14.5 Å². The Balaban J connectivity index is 1.45.